The maximum absolute atomic E-state index is 14.4. The second-order valence-electron chi connectivity index (χ2n) is 6.03. The predicted molar refractivity (Wildman–Crippen MR) is 87.4 cm³/mol. The summed E-state index contributed by atoms with van der Waals surface area (Å²) in [7, 11) is 0. The molecule has 1 unspecified atom stereocenters. The van der Waals surface area contributed by atoms with Crippen LogP contribution in [-0.2, 0) is 12.1 Å². The number of hydrogen-bond donors (Lipinski definition) is 3. The number of aliphatic imine (C=N–C) groups is 1. The van der Waals surface area contributed by atoms with Gasteiger partial charge >= 0.3 is 0 Å². The Balaban J connectivity index is 2.09. The van der Waals surface area contributed by atoms with Crippen LogP contribution in [0.3, 0.4) is 0 Å². The van der Waals surface area contributed by atoms with Gasteiger partial charge in [0.2, 0.25) is 6.35 Å². The van der Waals surface area contributed by atoms with Gasteiger partial charge in [-0.25, -0.2) is 18.2 Å². The van der Waals surface area contributed by atoms with Gasteiger partial charge in [-0.2, -0.15) is 5.10 Å². The highest BCUT2D eigenvalue weighted by atomic mass is 19.1. The number of aromatic nitrogens is 2. The Labute approximate surface area is 147 Å². The Morgan fingerprint density at radius 1 is 1.35 bits per heavy atom. The van der Waals surface area contributed by atoms with Crippen LogP contribution >= 0.6 is 0 Å². The average molecular weight is 366 g/mol. The summed E-state index contributed by atoms with van der Waals surface area (Å²) in [6.07, 6.45) is 2.46. The Bertz CT molecular complexity index is 854. The lowest BCUT2D eigenvalue weighted by Gasteiger charge is -2.37. The van der Waals surface area contributed by atoms with E-state index in [9.17, 15) is 23.4 Å². The highest BCUT2D eigenvalue weighted by Crippen LogP contribution is 2.38. The smallest absolute Gasteiger partial charge is 0.222 e. The lowest BCUT2D eigenvalue weighted by molar-refractivity contribution is -0.0315. The average Bonchev–Trinajstić information content (AvgIpc) is 3.09. The molecule has 2 aromatic rings. The molecule has 26 heavy (non-hydrogen) atoms. The van der Waals surface area contributed by atoms with Crippen LogP contribution < -0.4 is 5.32 Å². The molecule has 3 N–H and O–H groups in total. The molecule has 3 rings (SSSR count). The zero-order valence-electron chi connectivity index (χ0n) is 13.8. The van der Waals surface area contributed by atoms with Crippen LogP contribution in [0.4, 0.5) is 13.2 Å². The number of rotatable bonds is 5. The second kappa shape index (κ2) is 6.93. The minimum absolute atomic E-state index is 0.147. The Hall–Kier alpha value is -2.65. The van der Waals surface area contributed by atoms with E-state index in [1.807, 2.05) is 0 Å². The molecule has 2 heterocycles. The van der Waals surface area contributed by atoms with Crippen LogP contribution in [-0.4, -0.2) is 32.6 Å². The molecular formula is C17H17F3N4O2. The van der Waals surface area contributed by atoms with Gasteiger partial charge in [0.25, 0.3) is 0 Å². The first-order valence-electron chi connectivity index (χ1n) is 7.84. The van der Waals surface area contributed by atoms with Crippen molar-refractivity contribution < 1.29 is 23.4 Å². The van der Waals surface area contributed by atoms with E-state index < -0.39 is 35.3 Å². The van der Waals surface area contributed by atoms with E-state index in [4.69, 9.17) is 0 Å². The fourth-order valence-electron chi connectivity index (χ4n) is 2.96. The fourth-order valence-corrected chi connectivity index (χ4v) is 2.96. The molecule has 0 amide bonds. The number of benzene rings is 1. The number of halogens is 3. The van der Waals surface area contributed by atoms with E-state index in [1.165, 1.54) is 17.8 Å². The summed E-state index contributed by atoms with van der Waals surface area (Å²) >= 11 is 0. The van der Waals surface area contributed by atoms with Crippen molar-refractivity contribution >= 4 is 6.21 Å². The first-order valence-corrected chi connectivity index (χ1v) is 7.84. The van der Waals surface area contributed by atoms with Gasteiger partial charge in [-0.3, -0.25) is 4.68 Å². The summed E-state index contributed by atoms with van der Waals surface area (Å²) in [6.45, 7) is 1.23. The van der Waals surface area contributed by atoms with Crippen LogP contribution in [0.2, 0.25) is 0 Å². The topological polar surface area (TPSA) is 82.7 Å². The van der Waals surface area contributed by atoms with Gasteiger partial charge in [-0.1, -0.05) is 13.0 Å². The standard InChI is InChI=1S/C17H17F3N4O2/c1-10(15-14(20)8-21-16(25)23-15)17(26,9-24-6-2-5-22-24)12-4-3-11(18)7-13(12)19/h2-8,10,16,23,25-26H,9H2,1H3/t10-,16?,17+/m0/s1. The summed E-state index contributed by atoms with van der Waals surface area (Å²) in [6, 6.07) is 4.37. The zero-order chi connectivity index (χ0) is 18.9. The number of allylic oxidation sites excluding steroid dienone is 1. The third-order valence-corrected chi connectivity index (χ3v) is 4.38. The third-order valence-electron chi connectivity index (χ3n) is 4.38. The minimum atomic E-state index is -1.99. The van der Waals surface area contributed by atoms with Crippen molar-refractivity contribution in [1.29, 1.82) is 0 Å². The van der Waals surface area contributed by atoms with Crippen LogP contribution in [0.15, 0.2) is 53.2 Å². The number of hydrogen-bond acceptors (Lipinski definition) is 5. The van der Waals surface area contributed by atoms with Crippen molar-refractivity contribution in [3.8, 4) is 0 Å². The fraction of sp³-hybridized carbons (Fsp3) is 0.294. The first-order chi connectivity index (χ1) is 12.3. The quantitative estimate of drug-likeness (QED) is 0.754. The van der Waals surface area contributed by atoms with Gasteiger partial charge in [0, 0.05) is 29.9 Å². The minimum Gasteiger partial charge on any atom is -0.382 e. The highest BCUT2D eigenvalue weighted by molar-refractivity contribution is 5.77. The molecule has 0 saturated carbocycles. The van der Waals surface area contributed by atoms with Gasteiger partial charge in [-0.05, 0) is 12.1 Å². The summed E-state index contributed by atoms with van der Waals surface area (Å²) < 4.78 is 43.3. The van der Waals surface area contributed by atoms with Crippen LogP contribution in [0.5, 0.6) is 0 Å². The molecule has 0 aliphatic carbocycles. The molecule has 1 aromatic heterocycles. The molecule has 1 aromatic carbocycles. The number of nitrogens with zero attached hydrogens (tertiary/aromatic N) is 3. The Morgan fingerprint density at radius 2 is 2.12 bits per heavy atom. The van der Waals surface area contributed by atoms with Crippen molar-refractivity contribution in [3.63, 3.8) is 0 Å². The number of nitrogens with one attached hydrogen (secondary N) is 1. The lowest BCUT2D eigenvalue weighted by Crippen LogP contribution is -2.45. The van der Waals surface area contributed by atoms with E-state index in [-0.39, 0.29) is 17.8 Å². The van der Waals surface area contributed by atoms with Crippen molar-refractivity contribution in [1.82, 2.24) is 15.1 Å². The predicted octanol–water partition coefficient (Wildman–Crippen LogP) is 1.82. The lowest BCUT2D eigenvalue weighted by atomic mass is 9.79. The Kier molecular flexibility index (Phi) is 4.84. The molecule has 0 radical (unpaired) electrons. The maximum atomic E-state index is 14.4. The molecule has 138 valence electrons. The van der Waals surface area contributed by atoms with Crippen LogP contribution in [0.1, 0.15) is 12.5 Å². The van der Waals surface area contributed by atoms with E-state index in [2.05, 4.69) is 15.4 Å². The molecule has 1 aliphatic rings. The van der Waals surface area contributed by atoms with Crippen molar-refractivity contribution in [2.45, 2.75) is 25.4 Å². The van der Waals surface area contributed by atoms with Gasteiger partial charge in [0.05, 0.1) is 18.5 Å². The molecule has 0 fully saturated rings. The number of aliphatic hydroxyl groups is 2. The van der Waals surface area contributed by atoms with E-state index in [0.717, 1.165) is 18.3 Å². The molecule has 0 spiro atoms. The van der Waals surface area contributed by atoms with Crippen molar-refractivity contribution in [3.05, 3.63) is 65.4 Å². The molecule has 0 bridgehead atoms. The van der Waals surface area contributed by atoms with Gasteiger partial charge in [0.1, 0.15) is 17.2 Å². The van der Waals surface area contributed by atoms with Crippen LogP contribution in [0.25, 0.3) is 0 Å². The number of aliphatic hydroxyl groups excluding tert-OH is 1. The van der Waals surface area contributed by atoms with Crippen molar-refractivity contribution in [2.24, 2.45) is 10.9 Å². The molecule has 3 atom stereocenters. The maximum Gasteiger partial charge on any atom is 0.222 e. The van der Waals surface area contributed by atoms with Gasteiger partial charge in [0.15, 0.2) is 5.83 Å². The SMILES string of the molecule is C[C@@H](C1=C(F)C=NC(O)N1)[C@](O)(Cn1cccn1)c1ccc(F)cc1F. The summed E-state index contributed by atoms with van der Waals surface area (Å²) in [5, 5.41) is 27.4. The van der Waals surface area contributed by atoms with Crippen molar-refractivity contribution in [2.75, 3.05) is 0 Å². The Morgan fingerprint density at radius 3 is 2.77 bits per heavy atom. The molecule has 6 nitrogen and oxygen atoms in total. The monoisotopic (exact) mass is 366 g/mol. The summed E-state index contributed by atoms with van der Waals surface area (Å²) in [5.41, 5.74) is -2.36. The molecule has 9 heteroatoms. The first kappa shape index (κ1) is 18.2. The molecule has 1 aliphatic heterocycles. The van der Waals surface area contributed by atoms with E-state index in [1.54, 1.807) is 12.3 Å². The second-order valence-corrected chi connectivity index (χ2v) is 6.03. The van der Waals surface area contributed by atoms with Gasteiger partial charge < -0.3 is 15.5 Å². The largest absolute Gasteiger partial charge is 0.382 e. The van der Waals surface area contributed by atoms with Crippen LogP contribution in [0, 0.1) is 17.6 Å². The highest BCUT2D eigenvalue weighted by Gasteiger charge is 2.42. The van der Waals surface area contributed by atoms with E-state index >= 15 is 0 Å². The molecular weight excluding hydrogens is 349 g/mol. The summed E-state index contributed by atoms with van der Waals surface area (Å²) in [5.74, 6) is -3.63. The van der Waals surface area contributed by atoms with E-state index in [0.29, 0.717) is 6.07 Å². The molecule has 0 saturated heterocycles. The zero-order valence-corrected chi connectivity index (χ0v) is 13.8. The van der Waals surface area contributed by atoms with Gasteiger partial charge in [-0.15, -0.1) is 0 Å². The normalized spacial score (nSPS) is 20.6. The third kappa shape index (κ3) is 3.35. The summed E-state index contributed by atoms with van der Waals surface area (Å²) in [4.78, 5) is 3.47.